The lowest BCUT2D eigenvalue weighted by Gasteiger charge is -1.98. The van der Waals surface area contributed by atoms with Gasteiger partial charge in [0.2, 0.25) is 5.89 Å². The highest BCUT2D eigenvalue weighted by molar-refractivity contribution is 5.05. The van der Waals surface area contributed by atoms with Crippen molar-refractivity contribution in [3.8, 4) is 12.3 Å². The highest BCUT2D eigenvalue weighted by Gasteiger charge is 2.29. The van der Waals surface area contributed by atoms with Crippen molar-refractivity contribution in [2.45, 2.75) is 31.2 Å². The maximum absolute atomic E-state index is 5.70. The van der Waals surface area contributed by atoms with Crippen LogP contribution in [0.4, 0.5) is 0 Å². The Bertz CT molecular complexity index is 335. The van der Waals surface area contributed by atoms with Crippen LogP contribution < -0.4 is 5.73 Å². The Morgan fingerprint density at radius 2 is 2.46 bits per heavy atom. The topological polar surface area (TPSA) is 64.9 Å². The van der Waals surface area contributed by atoms with Crippen LogP contribution in [-0.2, 0) is 0 Å². The fraction of sp³-hybridized carbons (Fsp3) is 0.556. The molecule has 4 heteroatoms. The number of hydrogen-bond acceptors (Lipinski definition) is 4. The van der Waals surface area contributed by atoms with Crippen molar-refractivity contribution in [2.24, 2.45) is 5.73 Å². The second-order valence-corrected chi connectivity index (χ2v) is 3.28. The van der Waals surface area contributed by atoms with Crippen molar-refractivity contribution < 1.29 is 4.52 Å². The molecule has 0 saturated heterocycles. The van der Waals surface area contributed by atoms with E-state index in [0.29, 0.717) is 18.2 Å². The van der Waals surface area contributed by atoms with Crippen LogP contribution in [0.3, 0.4) is 0 Å². The number of terminal acetylenes is 1. The van der Waals surface area contributed by atoms with E-state index in [2.05, 4.69) is 16.1 Å². The van der Waals surface area contributed by atoms with Gasteiger partial charge >= 0.3 is 0 Å². The third kappa shape index (κ3) is 1.70. The van der Waals surface area contributed by atoms with Gasteiger partial charge in [-0.3, -0.25) is 0 Å². The summed E-state index contributed by atoms with van der Waals surface area (Å²) in [4.78, 5) is 4.19. The molecule has 1 aromatic heterocycles. The molecule has 2 N–H and O–H groups in total. The van der Waals surface area contributed by atoms with E-state index in [4.69, 9.17) is 16.7 Å². The lowest BCUT2D eigenvalue weighted by atomic mass is 10.2. The van der Waals surface area contributed by atoms with Crippen LogP contribution >= 0.6 is 0 Å². The molecular weight excluding hydrogens is 166 g/mol. The number of nitrogens with two attached hydrogens (primary N) is 1. The van der Waals surface area contributed by atoms with Gasteiger partial charge in [-0.05, 0) is 12.8 Å². The molecule has 13 heavy (non-hydrogen) atoms. The fourth-order valence-corrected chi connectivity index (χ4v) is 1.12. The molecule has 0 aromatic carbocycles. The molecule has 0 bridgehead atoms. The molecular formula is C9H11N3O. The van der Waals surface area contributed by atoms with E-state index in [9.17, 15) is 0 Å². The zero-order valence-corrected chi connectivity index (χ0v) is 7.23. The highest BCUT2D eigenvalue weighted by atomic mass is 16.5. The van der Waals surface area contributed by atoms with Gasteiger partial charge in [0, 0.05) is 12.3 Å². The molecule has 0 amide bonds. The summed E-state index contributed by atoms with van der Waals surface area (Å²) in [7, 11) is 0. The summed E-state index contributed by atoms with van der Waals surface area (Å²) in [5, 5.41) is 3.85. The lowest BCUT2D eigenvalue weighted by molar-refractivity contribution is 0.352. The van der Waals surface area contributed by atoms with Crippen LogP contribution in [0.15, 0.2) is 4.52 Å². The second kappa shape index (κ2) is 3.19. The Kier molecular flexibility index (Phi) is 2.03. The van der Waals surface area contributed by atoms with Gasteiger partial charge < -0.3 is 10.3 Å². The van der Waals surface area contributed by atoms with Gasteiger partial charge in [0.25, 0.3) is 0 Å². The molecule has 68 valence electrons. The minimum Gasteiger partial charge on any atom is -0.338 e. The van der Waals surface area contributed by atoms with Gasteiger partial charge in [0.15, 0.2) is 5.82 Å². The predicted octanol–water partition coefficient (Wildman–Crippen LogP) is 0.970. The Hall–Kier alpha value is -1.34. The molecule has 1 aromatic rings. The van der Waals surface area contributed by atoms with E-state index in [1.807, 2.05) is 0 Å². The van der Waals surface area contributed by atoms with Gasteiger partial charge in [-0.15, -0.1) is 12.3 Å². The van der Waals surface area contributed by atoms with Crippen molar-refractivity contribution in [1.29, 1.82) is 0 Å². The van der Waals surface area contributed by atoms with Gasteiger partial charge in [-0.2, -0.15) is 4.98 Å². The first-order valence-electron chi connectivity index (χ1n) is 4.34. The van der Waals surface area contributed by atoms with Crippen LogP contribution in [0.25, 0.3) is 0 Å². The number of hydrogen-bond donors (Lipinski definition) is 1. The van der Waals surface area contributed by atoms with Crippen LogP contribution in [0.5, 0.6) is 0 Å². The number of aromatic nitrogens is 2. The van der Waals surface area contributed by atoms with E-state index in [1.54, 1.807) is 0 Å². The summed E-state index contributed by atoms with van der Waals surface area (Å²) in [5.74, 6) is 4.20. The lowest BCUT2D eigenvalue weighted by Crippen LogP contribution is -2.09. The van der Waals surface area contributed by atoms with Crippen molar-refractivity contribution in [3.63, 3.8) is 0 Å². The average Bonchev–Trinajstić information content (AvgIpc) is 2.84. The first kappa shape index (κ1) is 8.27. The quantitative estimate of drug-likeness (QED) is 0.699. The summed E-state index contributed by atoms with van der Waals surface area (Å²) in [6, 6.07) is -0.315. The van der Waals surface area contributed by atoms with Gasteiger partial charge in [0.1, 0.15) is 0 Å². The maximum atomic E-state index is 5.70. The predicted molar refractivity (Wildman–Crippen MR) is 46.7 cm³/mol. The zero-order chi connectivity index (χ0) is 9.26. The van der Waals surface area contributed by atoms with Crippen LogP contribution in [-0.4, -0.2) is 10.1 Å². The van der Waals surface area contributed by atoms with E-state index >= 15 is 0 Å². The summed E-state index contributed by atoms with van der Waals surface area (Å²) in [6.45, 7) is 0. The molecule has 1 aliphatic carbocycles. The van der Waals surface area contributed by atoms with Gasteiger partial charge in [-0.1, -0.05) is 5.16 Å². The molecule has 1 unspecified atom stereocenters. The molecule has 1 saturated carbocycles. The Morgan fingerprint density at radius 1 is 1.69 bits per heavy atom. The molecule has 1 heterocycles. The highest BCUT2D eigenvalue weighted by Crippen LogP contribution is 2.38. The molecule has 1 atom stereocenters. The van der Waals surface area contributed by atoms with E-state index in [-0.39, 0.29) is 6.04 Å². The van der Waals surface area contributed by atoms with Crippen molar-refractivity contribution in [2.75, 3.05) is 0 Å². The minimum atomic E-state index is -0.315. The second-order valence-electron chi connectivity index (χ2n) is 3.28. The summed E-state index contributed by atoms with van der Waals surface area (Å²) < 4.78 is 5.00. The summed E-state index contributed by atoms with van der Waals surface area (Å²) in [6.07, 6.45) is 7.87. The standard InChI is InChI=1S/C9H11N3O/c1-2-3-7(10)9-11-8(12-13-9)6-4-5-6/h1,6-7H,3-5,10H2. The van der Waals surface area contributed by atoms with Gasteiger partial charge in [0.05, 0.1) is 6.04 Å². The first-order chi connectivity index (χ1) is 6.31. The zero-order valence-electron chi connectivity index (χ0n) is 7.23. The maximum Gasteiger partial charge on any atom is 0.244 e. The average molecular weight is 177 g/mol. The van der Waals surface area contributed by atoms with Crippen molar-refractivity contribution in [1.82, 2.24) is 10.1 Å². The number of rotatable bonds is 3. The van der Waals surface area contributed by atoms with Crippen LogP contribution in [0, 0.1) is 12.3 Å². The molecule has 1 fully saturated rings. The summed E-state index contributed by atoms with van der Waals surface area (Å²) in [5.41, 5.74) is 5.70. The molecule has 0 radical (unpaired) electrons. The van der Waals surface area contributed by atoms with Gasteiger partial charge in [-0.25, -0.2) is 0 Å². The molecule has 0 spiro atoms. The SMILES string of the molecule is C#CCC(N)c1nc(C2CC2)no1. The largest absolute Gasteiger partial charge is 0.338 e. The monoisotopic (exact) mass is 177 g/mol. The van der Waals surface area contributed by atoms with Crippen molar-refractivity contribution in [3.05, 3.63) is 11.7 Å². The third-order valence-electron chi connectivity index (χ3n) is 2.05. The fourth-order valence-electron chi connectivity index (χ4n) is 1.12. The number of nitrogens with zero attached hydrogens (tertiary/aromatic N) is 2. The minimum absolute atomic E-state index is 0.315. The Morgan fingerprint density at radius 3 is 3.08 bits per heavy atom. The Balaban J connectivity index is 2.08. The van der Waals surface area contributed by atoms with E-state index < -0.39 is 0 Å². The molecule has 4 nitrogen and oxygen atoms in total. The molecule has 0 aliphatic heterocycles. The Labute approximate surface area is 76.5 Å². The smallest absolute Gasteiger partial charge is 0.244 e. The third-order valence-corrected chi connectivity index (χ3v) is 2.05. The van der Waals surface area contributed by atoms with Crippen LogP contribution in [0.1, 0.15) is 42.9 Å². The van der Waals surface area contributed by atoms with E-state index in [1.165, 1.54) is 0 Å². The summed E-state index contributed by atoms with van der Waals surface area (Å²) >= 11 is 0. The molecule has 1 aliphatic rings. The first-order valence-corrected chi connectivity index (χ1v) is 4.34. The van der Waals surface area contributed by atoms with Crippen molar-refractivity contribution >= 4 is 0 Å². The molecule has 2 rings (SSSR count). The van der Waals surface area contributed by atoms with E-state index in [0.717, 1.165) is 18.7 Å². The normalized spacial score (nSPS) is 18.2. The van der Waals surface area contributed by atoms with Crippen LogP contribution in [0.2, 0.25) is 0 Å².